The fraction of sp³-hybridized carbons (Fsp3) is 0.182. The van der Waals surface area contributed by atoms with Crippen molar-refractivity contribution in [3.8, 4) is 5.69 Å². The predicted octanol–water partition coefficient (Wildman–Crippen LogP) is 3.32. The standard InChI is InChI=1S/C11H11Cl2N3/c1-2-8-6-11(14)15-16(8)10-4-3-7(12)5-9(10)13/h3-6H,2H2,1H3,(H2,14,15). The number of hydrogen-bond donors (Lipinski definition) is 1. The number of rotatable bonds is 2. The molecule has 0 amide bonds. The van der Waals surface area contributed by atoms with Crippen molar-refractivity contribution >= 4 is 29.0 Å². The SMILES string of the molecule is CCc1cc(N)nn1-c1ccc(Cl)cc1Cl. The van der Waals surface area contributed by atoms with Gasteiger partial charge in [-0.1, -0.05) is 30.1 Å². The largest absolute Gasteiger partial charge is 0.382 e. The minimum Gasteiger partial charge on any atom is -0.382 e. The summed E-state index contributed by atoms with van der Waals surface area (Å²) in [5.74, 6) is 0.489. The highest BCUT2D eigenvalue weighted by atomic mass is 35.5. The Kier molecular flexibility index (Phi) is 3.08. The predicted molar refractivity (Wildman–Crippen MR) is 67.4 cm³/mol. The zero-order chi connectivity index (χ0) is 11.7. The molecule has 0 fully saturated rings. The molecule has 0 saturated heterocycles. The molecule has 0 bridgehead atoms. The summed E-state index contributed by atoms with van der Waals surface area (Å²) in [6, 6.07) is 7.14. The Balaban J connectivity index is 2.57. The average molecular weight is 256 g/mol. The minimum atomic E-state index is 0.489. The molecule has 0 radical (unpaired) electrons. The second-order valence-corrected chi connectivity index (χ2v) is 4.27. The van der Waals surface area contributed by atoms with E-state index in [-0.39, 0.29) is 0 Å². The van der Waals surface area contributed by atoms with Crippen molar-refractivity contribution in [2.24, 2.45) is 0 Å². The number of aromatic nitrogens is 2. The first-order valence-electron chi connectivity index (χ1n) is 4.91. The molecule has 0 atom stereocenters. The van der Waals surface area contributed by atoms with Gasteiger partial charge in [0, 0.05) is 16.8 Å². The highest BCUT2D eigenvalue weighted by Crippen LogP contribution is 2.25. The van der Waals surface area contributed by atoms with Crippen LogP contribution in [0.5, 0.6) is 0 Å². The van der Waals surface area contributed by atoms with Gasteiger partial charge in [0.15, 0.2) is 0 Å². The number of benzene rings is 1. The van der Waals surface area contributed by atoms with Crippen molar-refractivity contribution in [3.63, 3.8) is 0 Å². The van der Waals surface area contributed by atoms with Gasteiger partial charge in [0.25, 0.3) is 0 Å². The first-order chi connectivity index (χ1) is 7.61. The number of nitrogens with zero attached hydrogens (tertiary/aromatic N) is 2. The van der Waals surface area contributed by atoms with E-state index < -0.39 is 0 Å². The van der Waals surface area contributed by atoms with Crippen molar-refractivity contribution in [1.29, 1.82) is 0 Å². The van der Waals surface area contributed by atoms with Crippen molar-refractivity contribution in [2.45, 2.75) is 13.3 Å². The molecule has 1 heterocycles. The number of halogens is 2. The molecule has 84 valence electrons. The maximum Gasteiger partial charge on any atom is 0.146 e. The van der Waals surface area contributed by atoms with Crippen molar-refractivity contribution in [2.75, 3.05) is 5.73 Å². The number of anilines is 1. The minimum absolute atomic E-state index is 0.489. The third-order valence-electron chi connectivity index (χ3n) is 2.30. The fourth-order valence-electron chi connectivity index (χ4n) is 1.55. The summed E-state index contributed by atoms with van der Waals surface area (Å²) in [7, 11) is 0. The third kappa shape index (κ3) is 2.01. The van der Waals surface area contributed by atoms with Crippen LogP contribution in [-0.2, 0) is 6.42 Å². The van der Waals surface area contributed by atoms with Gasteiger partial charge in [-0.25, -0.2) is 4.68 Å². The van der Waals surface area contributed by atoms with Crippen LogP contribution in [0, 0.1) is 0 Å². The second-order valence-electron chi connectivity index (χ2n) is 3.42. The van der Waals surface area contributed by atoms with E-state index in [0.717, 1.165) is 17.8 Å². The number of nitrogen functional groups attached to an aromatic ring is 1. The molecule has 0 aliphatic heterocycles. The molecule has 0 saturated carbocycles. The molecule has 0 aliphatic carbocycles. The van der Waals surface area contributed by atoms with Gasteiger partial charge in [-0.15, -0.1) is 0 Å². The van der Waals surface area contributed by atoms with Crippen molar-refractivity contribution in [1.82, 2.24) is 9.78 Å². The first kappa shape index (κ1) is 11.3. The van der Waals surface area contributed by atoms with Crippen LogP contribution >= 0.6 is 23.2 Å². The van der Waals surface area contributed by atoms with Crippen LogP contribution in [-0.4, -0.2) is 9.78 Å². The van der Waals surface area contributed by atoms with E-state index in [0.29, 0.717) is 15.9 Å². The molecule has 0 unspecified atom stereocenters. The molecule has 3 nitrogen and oxygen atoms in total. The molecule has 0 spiro atoms. The fourth-order valence-corrected chi connectivity index (χ4v) is 2.04. The van der Waals surface area contributed by atoms with Gasteiger partial charge in [0.1, 0.15) is 5.82 Å². The van der Waals surface area contributed by atoms with Crippen LogP contribution in [0.25, 0.3) is 5.69 Å². The number of aryl methyl sites for hydroxylation is 1. The van der Waals surface area contributed by atoms with E-state index in [9.17, 15) is 0 Å². The van der Waals surface area contributed by atoms with E-state index in [4.69, 9.17) is 28.9 Å². The van der Waals surface area contributed by atoms with E-state index >= 15 is 0 Å². The Morgan fingerprint density at radius 1 is 1.31 bits per heavy atom. The number of nitrogens with two attached hydrogens (primary N) is 1. The average Bonchev–Trinajstić information content (AvgIpc) is 2.59. The Labute approximate surface area is 104 Å². The summed E-state index contributed by atoms with van der Waals surface area (Å²) in [5.41, 5.74) is 7.48. The normalized spacial score (nSPS) is 10.7. The number of hydrogen-bond acceptors (Lipinski definition) is 2. The maximum absolute atomic E-state index is 6.12. The van der Waals surface area contributed by atoms with Crippen LogP contribution in [0.2, 0.25) is 10.0 Å². The zero-order valence-electron chi connectivity index (χ0n) is 8.74. The zero-order valence-corrected chi connectivity index (χ0v) is 10.3. The van der Waals surface area contributed by atoms with Gasteiger partial charge in [-0.05, 0) is 24.6 Å². The first-order valence-corrected chi connectivity index (χ1v) is 5.67. The van der Waals surface area contributed by atoms with Gasteiger partial charge in [0.2, 0.25) is 0 Å². The molecular weight excluding hydrogens is 245 g/mol. The van der Waals surface area contributed by atoms with Gasteiger partial charge in [-0.2, -0.15) is 5.10 Å². The molecule has 1 aromatic heterocycles. The Bertz CT molecular complexity index is 520. The summed E-state index contributed by atoms with van der Waals surface area (Å²) in [6.45, 7) is 2.04. The highest BCUT2D eigenvalue weighted by Gasteiger charge is 2.09. The van der Waals surface area contributed by atoms with E-state index in [2.05, 4.69) is 5.10 Å². The maximum atomic E-state index is 6.12. The molecule has 2 rings (SSSR count). The quantitative estimate of drug-likeness (QED) is 0.895. The highest BCUT2D eigenvalue weighted by molar-refractivity contribution is 6.35. The van der Waals surface area contributed by atoms with Crippen molar-refractivity contribution in [3.05, 3.63) is 40.0 Å². The lowest BCUT2D eigenvalue weighted by Gasteiger charge is -2.07. The third-order valence-corrected chi connectivity index (χ3v) is 2.84. The lowest BCUT2D eigenvalue weighted by molar-refractivity contribution is 0.817. The summed E-state index contributed by atoms with van der Waals surface area (Å²) in [6.07, 6.45) is 0.836. The Hall–Kier alpha value is -1.19. The van der Waals surface area contributed by atoms with Gasteiger partial charge in [-0.3, -0.25) is 0 Å². The van der Waals surface area contributed by atoms with E-state index in [1.54, 1.807) is 16.8 Å². The van der Waals surface area contributed by atoms with E-state index in [1.807, 2.05) is 19.1 Å². The van der Waals surface area contributed by atoms with Gasteiger partial charge < -0.3 is 5.73 Å². The Morgan fingerprint density at radius 2 is 2.06 bits per heavy atom. The van der Waals surface area contributed by atoms with Crippen LogP contribution in [0.15, 0.2) is 24.3 Å². The van der Waals surface area contributed by atoms with Crippen LogP contribution in [0.4, 0.5) is 5.82 Å². The molecule has 2 aromatic rings. The molecule has 0 aliphatic rings. The topological polar surface area (TPSA) is 43.8 Å². The molecule has 16 heavy (non-hydrogen) atoms. The molecule has 2 N–H and O–H groups in total. The summed E-state index contributed by atoms with van der Waals surface area (Å²) < 4.78 is 1.74. The summed E-state index contributed by atoms with van der Waals surface area (Å²) >= 11 is 12.0. The summed E-state index contributed by atoms with van der Waals surface area (Å²) in [4.78, 5) is 0. The summed E-state index contributed by atoms with van der Waals surface area (Å²) in [5, 5.41) is 5.37. The van der Waals surface area contributed by atoms with Crippen LogP contribution in [0.3, 0.4) is 0 Å². The van der Waals surface area contributed by atoms with Gasteiger partial charge in [0.05, 0.1) is 10.7 Å². The van der Waals surface area contributed by atoms with Crippen LogP contribution in [0.1, 0.15) is 12.6 Å². The molecule has 1 aromatic carbocycles. The molecule has 5 heteroatoms. The van der Waals surface area contributed by atoms with Crippen LogP contribution < -0.4 is 5.73 Å². The van der Waals surface area contributed by atoms with E-state index in [1.165, 1.54) is 0 Å². The smallest absolute Gasteiger partial charge is 0.146 e. The Morgan fingerprint density at radius 3 is 2.69 bits per heavy atom. The monoisotopic (exact) mass is 255 g/mol. The lowest BCUT2D eigenvalue weighted by atomic mass is 10.3. The van der Waals surface area contributed by atoms with Gasteiger partial charge >= 0.3 is 0 Å². The van der Waals surface area contributed by atoms with Crippen molar-refractivity contribution < 1.29 is 0 Å². The lowest BCUT2D eigenvalue weighted by Crippen LogP contribution is -2.02. The second kappa shape index (κ2) is 4.36. The molecular formula is C11H11Cl2N3.